The maximum Gasteiger partial charge on any atom is 0.246 e. The summed E-state index contributed by atoms with van der Waals surface area (Å²) in [6.45, 7) is 6.40. The first-order chi connectivity index (χ1) is 15.3. The maximum absolute atomic E-state index is 13.2. The van der Waals surface area contributed by atoms with Gasteiger partial charge in [0.05, 0.1) is 6.33 Å². The van der Waals surface area contributed by atoms with Crippen molar-refractivity contribution in [1.82, 2.24) is 19.8 Å². The van der Waals surface area contributed by atoms with Crippen LogP contribution in [0.25, 0.3) is 0 Å². The summed E-state index contributed by atoms with van der Waals surface area (Å²) in [6.07, 6.45) is 17.3. The van der Waals surface area contributed by atoms with E-state index in [-0.39, 0.29) is 28.6 Å². The Morgan fingerprint density at radius 2 is 2.03 bits per heavy atom. The van der Waals surface area contributed by atoms with Gasteiger partial charge < -0.3 is 14.8 Å². The van der Waals surface area contributed by atoms with E-state index in [9.17, 15) is 9.59 Å². The van der Waals surface area contributed by atoms with Gasteiger partial charge in [-0.3, -0.25) is 9.59 Å². The Hall–Kier alpha value is -2.11. The van der Waals surface area contributed by atoms with Gasteiger partial charge in [-0.25, -0.2) is 4.98 Å². The average Bonchev–Trinajstić information content (AvgIpc) is 3.41. The summed E-state index contributed by atoms with van der Waals surface area (Å²) in [6, 6.07) is 0.321. The number of rotatable bonds is 5. The zero-order chi connectivity index (χ0) is 22.5. The van der Waals surface area contributed by atoms with Crippen molar-refractivity contribution in [3.8, 4) is 0 Å². The van der Waals surface area contributed by atoms with E-state index in [4.69, 9.17) is 0 Å². The van der Waals surface area contributed by atoms with Gasteiger partial charge in [0.15, 0.2) is 0 Å². The van der Waals surface area contributed by atoms with Crippen molar-refractivity contribution in [3.05, 3.63) is 30.9 Å². The third-order valence-electron chi connectivity index (χ3n) is 9.90. The molecule has 174 valence electrons. The lowest BCUT2D eigenvalue weighted by atomic mass is 9.47. The molecule has 2 unspecified atom stereocenters. The van der Waals surface area contributed by atoms with Crippen molar-refractivity contribution < 1.29 is 9.59 Å². The summed E-state index contributed by atoms with van der Waals surface area (Å²) in [4.78, 5) is 31.5. The minimum atomic E-state index is 0.0700. The van der Waals surface area contributed by atoms with Crippen LogP contribution in [-0.2, 0) is 16.1 Å². The van der Waals surface area contributed by atoms with Crippen LogP contribution in [0.3, 0.4) is 0 Å². The van der Waals surface area contributed by atoms with Gasteiger partial charge in [0.25, 0.3) is 0 Å². The van der Waals surface area contributed by atoms with Crippen molar-refractivity contribution in [1.29, 1.82) is 0 Å². The van der Waals surface area contributed by atoms with Crippen molar-refractivity contribution in [3.63, 3.8) is 0 Å². The number of amides is 2. The minimum absolute atomic E-state index is 0.0700. The molecule has 2 amide bonds. The lowest BCUT2D eigenvalue weighted by molar-refractivity contribution is -0.142. The number of aryl methyl sites for hydroxylation is 1. The van der Waals surface area contributed by atoms with Gasteiger partial charge in [-0.2, -0.15) is 0 Å². The molecule has 6 nitrogen and oxygen atoms in total. The molecule has 2 heterocycles. The molecule has 7 atom stereocenters. The van der Waals surface area contributed by atoms with Gasteiger partial charge >= 0.3 is 0 Å². The zero-order valence-corrected chi connectivity index (χ0v) is 19.8. The molecule has 0 bridgehead atoms. The molecular weight excluding hydrogens is 400 g/mol. The largest absolute Gasteiger partial charge is 0.356 e. The third-order valence-corrected chi connectivity index (χ3v) is 9.90. The first-order valence-corrected chi connectivity index (χ1v) is 12.5. The highest BCUT2D eigenvalue weighted by Gasteiger charge is 2.61. The second-order valence-corrected chi connectivity index (χ2v) is 11.2. The number of nitrogens with zero attached hydrogens (tertiary/aromatic N) is 3. The molecular formula is C26H38N4O2. The molecule has 6 heteroatoms. The molecule has 0 saturated heterocycles. The minimum Gasteiger partial charge on any atom is -0.356 e. The first-order valence-electron chi connectivity index (χ1n) is 12.5. The molecule has 1 aliphatic heterocycles. The first kappa shape index (κ1) is 21.7. The normalized spacial score (nSPS) is 40.5. The van der Waals surface area contributed by atoms with E-state index in [1.165, 1.54) is 19.3 Å². The summed E-state index contributed by atoms with van der Waals surface area (Å²) in [5, 5.41) is 3.25. The predicted molar refractivity (Wildman–Crippen MR) is 123 cm³/mol. The lowest BCUT2D eigenvalue weighted by Gasteiger charge is -2.60. The fourth-order valence-electron chi connectivity index (χ4n) is 8.18. The van der Waals surface area contributed by atoms with Crippen LogP contribution in [0, 0.1) is 34.5 Å². The van der Waals surface area contributed by atoms with Crippen LogP contribution >= 0.6 is 0 Å². The Kier molecular flexibility index (Phi) is 5.45. The zero-order valence-electron chi connectivity index (χ0n) is 19.8. The van der Waals surface area contributed by atoms with E-state index in [2.05, 4.69) is 34.8 Å². The van der Waals surface area contributed by atoms with Crippen LogP contribution < -0.4 is 5.32 Å². The van der Waals surface area contributed by atoms with E-state index in [1.807, 2.05) is 24.5 Å². The Morgan fingerprint density at radius 3 is 2.81 bits per heavy atom. The van der Waals surface area contributed by atoms with Gasteiger partial charge in [0, 0.05) is 49.9 Å². The van der Waals surface area contributed by atoms with Crippen molar-refractivity contribution >= 4 is 11.8 Å². The maximum atomic E-state index is 13.2. The summed E-state index contributed by atoms with van der Waals surface area (Å²) >= 11 is 0. The monoisotopic (exact) mass is 438 g/mol. The van der Waals surface area contributed by atoms with Crippen molar-refractivity contribution in [2.75, 3.05) is 13.6 Å². The number of likely N-dealkylation sites (N-methyl/N-ethyl adjacent to an activating group) is 1. The van der Waals surface area contributed by atoms with Crippen LogP contribution in [-0.4, -0.2) is 45.9 Å². The van der Waals surface area contributed by atoms with Gasteiger partial charge in [0.1, 0.15) is 0 Å². The molecule has 0 aromatic carbocycles. The highest BCUT2D eigenvalue weighted by molar-refractivity contribution is 5.89. The topological polar surface area (TPSA) is 67.2 Å². The fraction of sp³-hybridized carbons (Fsp3) is 0.731. The van der Waals surface area contributed by atoms with Gasteiger partial charge in [-0.15, -0.1) is 0 Å². The molecule has 3 fully saturated rings. The molecule has 1 aromatic rings. The van der Waals surface area contributed by atoms with Gasteiger partial charge in [-0.05, 0) is 74.2 Å². The molecule has 3 aliphatic carbocycles. The number of carbonyl (C=O) groups excluding carboxylic acids is 2. The number of imidazole rings is 1. The Labute approximate surface area is 191 Å². The molecule has 32 heavy (non-hydrogen) atoms. The Morgan fingerprint density at radius 1 is 1.19 bits per heavy atom. The predicted octanol–water partition coefficient (Wildman–Crippen LogP) is 3.65. The average molecular weight is 439 g/mol. The fourth-order valence-corrected chi connectivity index (χ4v) is 8.18. The number of hydrogen-bond acceptors (Lipinski definition) is 3. The molecule has 5 rings (SSSR count). The second kappa shape index (κ2) is 8.03. The smallest absolute Gasteiger partial charge is 0.246 e. The SMILES string of the molecule is CN1C(=O)C=C[C@@]2(C)C1CC[C@@H]1[C@H]2CC[C@]2(C)C(C(=O)NCCCn3ccnc3)CC[C@@H]12. The number of fused-ring (bicyclic) bond motifs is 5. The van der Waals surface area contributed by atoms with Crippen LogP contribution in [0.15, 0.2) is 30.9 Å². The van der Waals surface area contributed by atoms with E-state index in [1.54, 1.807) is 12.3 Å². The number of carbonyl (C=O) groups is 2. The van der Waals surface area contributed by atoms with Crippen molar-refractivity contribution in [2.24, 2.45) is 34.5 Å². The van der Waals surface area contributed by atoms with Crippen LogP contribution in [0.2, 0.25) is 0 Å². The van der Waals surface area contributed by atoms with Gasteiger partial charge in [0.2, 0.25) is 11.8 Å². The standard InChI is InChI=1S/C26H38N4O2/c1-25-11-9-20-18(5-8-22-26(20,2)12-10-23(31)29(22)3)19(25)6-7-21(25)24(32)28-13-4-15-30-16-14-27-17-30/h10,12,14,16-22H,4-9,11,13,15H2,1-3H3,(H,28,32)/t18-,19-,20+,21?,22?,25-,26+/m0/s1. The van der Waals surface area contributed by atoms with E-state index >= 15 is 0 Å². The summed E-state index contributed by atoms with van der Waals surface area (Å²) in [5.74, 6) is 2.46. The molecule has 1 N–H and O–H groups in total. The van der Waals surface area contributed by atoms with Crippen LogP contribution in [0.4, 0.5) is 0 Å². The molecule has 3 saturated carbocycles. The van der Waals surface area contributed by atoms with Crippen LogP contribution in [0.5, 0.6) is 0 Å². The van der Waals surface area contributed by atoms with Gasteiger partial charge in [-0.1, -0.05) is 19.9 Å². The molecule has 0 spiro atoms. The number of hydrogen-bond donors (Lipinski definition) is 1. The summed E-state index contributed by atoms with van der Waals surface area (Å²) < 4.78 is 2.06. The van der Waals surface area contributed by atoms with Crippen molar-refractivity contribution in [2.45, 2.75) is 71.4 Å². The molecule has 1 aromatic heterocycles. The van der Waals surface area contributed by atoms with E-state index in [0.717, 1.165) is 38.8 Å². The highest BCUT2D eigenvalue weighted by atomic mass is 16.2. The molecule has 0 radical (unpaired) electrons. The third kappa shape index (κ3) is 3.32. The quantitative estimate of drug-likeness (QED) is 0.714. The highest BCUT2D eigenvalue weighted by Crippen LogP contribution is 2.65. The lowest BCUT2D eigenvalue weighted by Crippen LogP contribution is -2.59. The summed E-state index contributed by atoms with van der Waals surface area (Å²) in [5.41, 5.74) is 0.180. The number of nitrogens with one attached hydrogen (secondary N) is 1. The van der Waals surface area contributed by atoms with E-state index < -0.39 is 0 Å². The molecule has 4 aliphatic rings. The van der Waals surface area contributed by atoms with Crippen LogP contribution in [0.1, 0.15) is 58.8 Å². The Balaban J connectivity index is 1.25. The second-order valence-electron chi connectivity index (χ2n) is 11.2. The Bertz CT molecular complexity index is 896. The van der Waals surface area contributed by atoms with E-state index in [0.29, 0.717) is 23.8 Å². The number of aromatic nitrogens is 2. The summed E-state index contributed by atoms with van der Waals surface area (Å²) in [7, 11) is 1.98.